The monoisotopic (exact) mass is 406 g/mol. The van der Waals surface area contributed by atoms with Gasteiger partial charge in [0.15, 0.2) is 0 Å². The number of benzene rings is 2. The first-order valence-electron chi connectivity index (χ1n) is 9.19. The van der Waals surface area contributed by atoms with Gasteiger partial charge in [0.2, 0.25) is 0 Å². The van der Waals surface area contributed by atoms with Gasteiger partial charge in [0.05, 0.1) is 19.3 Å². The fourth-order valence-electron chi connectivity index (χ4n) is 3.68. The van der Waals surface area contributed by atoms with Gasteiger partial charge in [0, 0.05) is 37.3 Å². The Labute approximate surface area is 171 Å². The van der Waals surface area contributed by atoms with Crippen LogP contribution in [0.1, 0.15) is 0 Å². The average molecular weight is 407 g/mol. The van der Waals surface area contributed by atoms with E-state index < -0.39 is 6.09 Å². The second-order valence-electron chi connectivity index (χ2n) is 6.68. The zero-order chi connectivity index (χ0) is 19.2. The lowest BCUT2D eigenvalue weighted by molar-refractivity contribution is -0.108. The molecule has 3 rings (SSSR count). The summed E-state index contributed by atoms with van der Waals surface area (Å²) < 4.78 is 0. The molecule has 0 saturated carbocycles. The lowest BCUT2D eigenvalue weighted by Gasteiger charge is -2.41. The zero-order valence-electron chi connectivity index (χ0n) is 16.0. The van der Waals surface area contributed by atoms with Crippen molar-refractivity contribution in [1.82, 2.24) is 15.1 Å². The van der Waals surface area contributed by atoms with Gasteiger partial charge in [-0.2, -0.15) is 0 Å². The number of halogens is 1. The molecule has 7 nitrogen and oxygen atoms in total. The van der Waals surface area contributed by atoms with Crippen LogP contribution < -0.4 is 10.2 Å². The average Bonchev–Trinajstić information content (AvgIpc) is 2.71. The van der Waals surface area contributed by atoms with Crippen molar-refractivity contribution in [3.8, 4) is 0 Å². The minimum absolute atomic E-state index is 0. The highest BCUT2D eigenvalue weighted by molar-refractivity contribution is 5.94. The summed E-state index contributed by atoms with van der Waals surface area (Å²) in [4.78, 5) is 27.8. The van der Waals surface area contributed by atoms with E-state index in [9.17, 15) is 14.7 Å². The minimum Gasteiger partial charge on any atom is -0.465 e. The number of amides is 1. The van der Waals surface area contributed by atoms with Crippen LogP contribution in [0.3, 0.4) is 0 Å². The van der Waals surface area contributed by atoms with Crippen molar-refractivity contribution >= 4 is 41.2 Å². The van der Waals surface area contributed by atoms with Crippen LogP contribution in [0.15, 0.2) is 42.5 Å². The Morgan fingerprint density at radius 1 is 1.18 bits per heavy atom. The molecule has 1 unspecified atom stereocenters. The van der Waals surface area contributed by atoms with Crippen LogP contribution in [-0.4, -0.2) is 79.8 Å². The van der Waals surface area contributed by atoms with E-state index in [0.29, 0.717) is 6.29 Å². The zero-order valence-corrected chi connectivity index (χ0v) is 16.8. The fourth-order valence-corrected chi connectivity index (χ4v) is 3.68. The lowest BCUT2D eigenvalue weighted by Crippen LogP contribution is -2.58. The molecule has 8 heteroatoms. The number of rotatable bonds is 7. The topological polar surface area (TPSA) is 76.1 Å². The van der Waals surface area contributed by atoms with Crippen molar-refractivity contribution in [2.75, 3.05) is 51.2 Å². The number of carbonyl (C=O) groups excluding carboxylic acids is 1. The third-order valence-corrected chi connectivity index (χ3v) is 5.15. The standard InChI is InChI=1S/C20H26N4O3.ClH/c1-21-19(15-24(13-14-25)20(26)27)23-11-9-22(10-12-23)18-8-4-6-16-5-2-3-7-17(16)18;/h2-8,14,19,21H,9-13,15H2,1H3,(H,26,27);1H. The molecule has 28 heavy (non-hydrogen) atoms. The Kier molecular flexibility index (Phi) is 8.04. The minimum atomic E-state index is -1.07. The number of nitrogens with one attached hydrogen (secondary N) is 1. The van der Waals surface area contributed by atoms with Gasteiger partial charge in [-0.1, -0.05) is 36.4 Å². The highest BCUT2D eigenvalue weighted by Gasteiger charge is 2.26. The maximum atomic E-state index is 11.3. The molecule has 0 aliphatic carbocycles. The summed E-state index contributed by atoms with van der Waals surface area (Å²) in [6.07, 6.45) is -0.563. The number of piperazine rings is 1. The van der Waals surface area contributed by atoms with Crippen molar-refractivity contribution in [1.29, 1.82) is 0 Å². The number of likely N-dealkylation sites (N-methyl/N-ethyl adjacent to an activating group) is 1. The van der Waals surface area contributed by atoms with Crippen LogP contribution in [0.5, 0.6) is 0 Å². The van der Waals surface area contributed by atoms with Gasteiger partial charge in [0.1, 0.15) is 6.29 Å². The third-order valence-electron chi connectivity index (χ3n) is 5.15. The molecule has 152 valence electrons. The molecule has 1 saturated heterocycles. The summed E-state index contributed by atoms with van der Waals surface area (Å²) in [6, 6.07) is 14.8. The summed E-state index contributed by atoms with van der Waals surface area (Å²) in [5.74, 6) is 0. The van der Waals surface area contributed by atoms with Crippen LogP contribution >= 0.6 is 12.4 Å². The second kappa shape index (κ2) is 10.3. The molecule has 1 heterocycles. The maximum absolute atomic E-state index is 11.3. The van der Waals surface area contributed by atoms with E-state index in [1.807, 2.05) is 7.05 Å². The Morgan fingerprint density at radius 3 is 2.50 bits per heavy atom. The highest BCUT2D eigenvalue weighted by Crippen LogP contribution is 2.27. The van der Waals surface area contributed by atoms with E-state index in [-0.39, 0.29) is 31.7 Å². The molecule has 0 spiro atoms. The molecule has 1 amide bonds. The Hall–Kier alpha value is -2.35. The van der Waals surface area contributed by atoms with Gasteiger partial charge in [-0.3, -0.25) is 9.80 Å². The molecule has 1 aliphatic heterocycles. The van der Waals surface area contributed by atoms with Crippen molar-refractivity contribution < 1.29 is 14.7 Å². The van der Waals surface area contributed by atoms with Crippen molar-refractivity contribution in [2.24, 2.45) is 0 Å². The van der Waals surface area contributed by atoms with Crippen molar-refractivity contribution in [3.63, 3.8) is 0 Å². The van der Waals surface area contributed by atoms with Crippen LogP contribution in [-0.2, 0) is 4.79 Å². The number of anilines is 1. The molecule has 1 aliphatic rings. The van der Waals surface area contributed by atoms with E-state index in [1.165, 1.54) is 16.5 Å². The molecule has 0 bridgehead atoms. The lowest BCUT2D eigenvalue weighted by atomic mass is 10.1. The predicted molar refractivity (Wildman–Crippen MR) is 113 cm³/mol. The SMILES string of the molecule is CNC(CN(CC=O)C(=O)O)N1CCN(c2cccc3ccccc23)CC1.Cl. The smallest absolute Gasteiger partial charge is 0.407 e. The molecular weight excluding hydrogens is 380 g/mol. The summed E-state index contributed by atoms with van der Waals surface area (Å²) in [5.41, 5.74) is 1.24. The van der Waals surface area contributed by atoms with Crippen LogP contribution in [0, 0.1) is 0 Å². The number of carbonyl (C=O) groups is 2. The van der Waals surface area contributed by atoms with Crippen molar-refractivity contribution in [2.45, 2.75) is 6.17 Å². The molecule has 2 aromatic rings. The number of fused-ring (bicyclic) bond motifs is 1. The van der Waals surface area contributed by atoms with Crippen LogP contribution in [0.4, 0.5) is 10.5 Å². The quantitative estimate of drug-likeness (QED) is 0.686. The number of carboxylic acid groups (broad SMARTS) is 1. The number of hydrogen-bond acceptors (Lipinski definition) is 5. The number of nitrogens with zero attached hydrogens (tertiary/aromatic N) is 3. The largest absolute Gasteiger partial charge is 0.465 e. The Balaban J connectivity index is 0.00000280. The number of hydrogen-bond donors (Lipinski definition) is 2. The molecular formula is C20H27ClN4O3. The summed E-state index contributed by atoms with van der Waals surface area (Å²) >= 11 is 0. The third kappa shape index (κ3) is 4.92. The maximum Gasteiger partial charge on any atom is 0.407 e. The van der Waals surface area contributed by atoms with Gasteiger partial charge < -0.3 is 20.1 Å². The van der Waals surface area contributed by atoms with Gasteiger partial charge in [-0.05, 0) is 18.5 Å². The van der Waals surface area contributed by atoms with Crippen molar-refractivity contribution in [3.05, 3.63) is 42.5 Å². The van der Waals surface area contributed by atoms with Gasteiger partial charge >= 0.3 is 6.09 Å². The van der Waals surface area contributed by atoms with E-state index in [1.54, 1.807) is 0 Å². The van der Waals surface area contributed by atoms with E-state index in [2.05, 4.69) is 57.6 Å². The molecule has 1 fully saturated rings. The van der Waals surface area contributed by atoms with Gasteiger partial charge in [-0.25, -0.2) is 4.79 Å². The second-order valence-corrected chi connectivity index (χ2v) is 6.68. The summed E-state index contributed by atoms with van der Waals surface area (Å²) in [7, 11) is 1.82. The molecule has 1 atom stereocenters. The fraction of sp³-hybridized carbons (Fsp3) is 0.400. The molecule has 2 N–H and O–H groups in total. The Morgan fingerprint density at radius 2 is 1.86 bits per heavy atom. The predicted octanol–water partition coefficient (Wildman–Crippen LogP) is 2.11. The molecule has 2 aromatic carbocycles. The summed E-state index contributed by atoms with van der Waals surface area (Å²) in [5, 5.41) is 14.9. The summed E-state index contributed by atoms with van der Waals surface area (Å²) in [6.45, 7) is 3.54. The Bertz CT molecular complexity index is 791. The molecule has 0 aromatic heterocycles. The van der Waals surface area contributed by atoms with Gasteiger partial charge in [0.25, 0.3) is 0 Å². The van der Waals surface area contributed by atoms with E-state index >= 15 is 0 Å². The van der Waals surface area contributed by atoms with Crippen LogP contribution in [0.2, 0.25) is 0 Å². The van der Waals surface area contributed by atoms with Crippen LogP contribution in [0.25, 0.3) is 10.8 Å². The van der Waals surface area contributed by atoms with E-state index in [0.717, 1.165) is 31.1 Å². The first-order valence-corrected chi connectivity index (χ1v) is 9.19. The van der Waals surface area contributed by atoms with Gasteiger partial charge in [-0.15, -0.1) is 12.4 Å². The molecule has 0 radical (unpaired) electrons. The number of aldehydes is 1. The van der Waals surface area contributed by atoms with E-state index in [4.69, 9.17) is 0 Å². The first-order chi connectivity index (χ1) is 13.1. The normalized spacial score (nSPS) is 15.7. The first kappa shape index (κ1) is 21.9. The highest BCUT2D eigenvalue weighted by atomic mass is 35.5.